The van der Waals surface area contributed by atoms with Crippen LogP contribution < -0.4 is 10.6 Å². The average Bonchev–Trinajstić information content (AvgIpc) is 2.93. The Labute approximate surface area is 119 Å². The fourth-order valence-corrected chi connectivity index (χ4v) is 1.98. The summed E-state index contributed by atoms with van der Waals surface area (Å²) in [5.74, 6) is 0.959. The number of aromatic nitrogens is 2. The van der Waals surface area contributed by atoms with Gasteiger partial charge in [-0.1, -0.05) is 0 Å². The summed E-state index contributed by atoms with van der Waals surface area (Å²) in [6.07, 6.45) is 3.77. The monoisotopic (exact) mass is 272 g/mol. The van der Waals surface area contributed by atoms with Gasteiger partial charge in [-0.2, -0.15) is 0 Å². The number of nitrogens with zero attached hydrogens (tertiary/aromatic N) is 2. The third-order valence-electron chi connectivity index (χ3n) is 3.08. The standard InChI is InChI=1S/C15H20N4O/c1-3-16-15(20)12-5-7-13(8-6-12)18-11-14-17-9-10-19(14)4-2/h5-10,18H,3-4,11H2,1-2H3,(H,16,20). The van der Waals surface area contributed by atoms with Crippen LogP contribution in [0.15, 0.2) is 36.7 Å². The van der Waals surface area contributed by atoms with Crippen molar-refractivity contribution in [1.29, 1.82) is 0 Å². The van der Waals surface area contributed by atoms with Crippen molar-refractivity contribution < 1.29 is 4.79 Å². The summed E-state index contributed by atoms with van der Waals surface area (Å²) in [7, 11) is 0. The fourth-order valence-electron chi connectivity index (χ4n) is 1.98. The van der Waals surface area contributed by atoms with Crippen LogP contribution in [0.5, 0.6) is 0 Å². The van der Waals surface area contributed by atoms with Crippen LogP contribution >= 0.6 is 0 Å². The van der Waals surface area contributed by atoms with Crippen molar-refractivity contribution in [3.05, 3.63) is 48.0 Å². The summed E-state index contributed by atoms with van der Waals surface area (Å²) in [5.41, 5.74) is 1.65. The highest BCUT2D eigenvalue weighted by molar-refractivity contribution is 5.94. The Bertz CT molecular complexity index is 560. The third-order valence-corrected chi connectivity index (χ3v) is 3.08. The van der Waals surface area contributed by atoms with Gasteiger partial charge >= 0.3 is 0 Å². The van der Waals surface area contributed by atoms with Gasteiger partial charge in [0.1, 0.15) is 5.82 Å². The molecule has 0 aliphatic heterocycles. The largest absolute Gasteiger partial charge is 0.378 e. The summed E-state index contributed by atoms with van der Waals surface area (Å²) in [6.45, 7) is 6.21. The van der Waals surface area contributed by atoms with Gasteiger partial charge in [-0.3, -0.25) is 4.79 Å². The van der Waals surface area contributed by atoms with E-state index in [0.717, 1.165) is 18.1 Å². The van der Waals surface area contributed by atoms with E-state index in [-0.39, 0.29) is 5.91 Å². The van der Waals surface area contributed by atoms with Crippen LogP contribution in [0.1, 0.15) is 30.0 Å². The zero-order chi connectivity index (χ0) is 14.4. The zero-order valence-corrected chi connectivity index (χ0v) is 11.9. The van der Waals surface area contributed by atoms with E-state index in [1.807, 2.05) is 37.4 Å². The highest BCUT2D eigenvalue weighted by atomic mass is 16.1. The average molecular weight is 272 g/mol. The molecule has 2 N–H and O–H groups in total. The quantitative estimate of drug-likeness (QED) is 0.848. The lowest BCUT2D eigenvalue weighted by Gasteiger charge is -2.08. The van der Waals surface area contributed by atoms with Crippen molar-refractivity contribution in [3.63, 3.8) is 0 Å². The Kier molecular flexibility index (Phi) is 4.76. The first-order valence-corrected chi connectivity index (χ1v) is 6.86. The molecule has 2 rings (SSSR count). The number of carbonyl (C=O) groups is 1. The minimum absolute atomic E-state index is 0.0411. The molecule has 0 radical (unpaired) electrons. The molecule has 5 nitrogen and oxygen atoms in total. The first-order valence-electron chi connectivity index (χ1n) is 6.86. The van der Waals surface area contributed by atoms with Gasteiger partial charge in [0.05, 0.1) is 6.54 Å². The van der Waals surface area contributed by atoms with Crippen LogP contribution in [-0.2, 0) is 13.1 Å². The molecule has 0 bridgehead atoms. The Morgan fingerprint density at radius 3 is 2.65 bits per heavy atom. The second-order valence-corrected chi connectivity index (χ2v) is 4.42. The molecule has 0 spiro atoms. The van der Waals surface area contributed by atoms with Gasteiger partial charge in [0.25, 0.3) is 5.91 Å². The molecule has 20 heavy (non-hydrogen) atoms. The molecule has 0 saturated heterocycles. The van der Waals surface area contributed by atoms with E-state index in [0.29, 0.717) is 18.7 Å². The molecule has 1 heterocycles. The summed E-state index contributed by atoms with van der Waals surface area (Å²) in [6, 6.07) is 7.45. The number of amides is 1. The molecular weight excluding hydrogens is 252 g/mol. The maximum atomic E-state index is 11.6. The molecule has 0 unspecified atom stereocenters. The van der Waals surface area contributed by atoms with Crippen LogP contribution in [0.2, 0.25) is 0 Å². The number of benzene rings is 1. The van der Waals surface area contributed by atoms with E-state index in [1.54, 1.807) is 6.20 Å². The van der Waals surface area contributed by atoms with E-state index < -0.39 is 0 Å². The van der Waals surface area contributed by atoms with Gasteiger partial charge in [-0.25, -0.2) is 4.98 Å². The highest BCUT2D eigenvalue weighted by Gasteiger charge is 2.04. The van der Waals surface area contributed by atoms with Crippen LogP contribution in [0.4, 0.5) is 5.69 Å². The Morgan fingerprint density at radius 1 is 1.25 bits per heavy atom. The van der Waals surface area contributed by atoms with Crippen molar-refractivity contribution in [2.24, 2.45) is 0 Å². The van der Waals surface area contributed by atoms with Crippen LogP contribution in [0.25, 0.3) is 0 Å². The first-order chi connectivity index (χ1) is 9.74. The number of aryl methyl sites for hydroxylation is 1. The molecule has 1 amide bonds. The van der Waals surface area contributed by atoms with Crippen molar-refractivity contribution >= 4 is 11.6 Å². The number of anilines is 1. The van der Waals surface area contributed by atoms with Crippen molar-refractivity contribution in [1.82, 2.24) is 14.9 Å². The number of rotatable bonds is 6. The molecule has 2 aromatic rings. The number of hydrogen-bond acceptors (Lipinski definition) is 3. The van der Waals surface area contributed by atoms with Gasteiger partial charge in [0.2, 0.25) is 0 Å². The SMILES string of the molecule is CCNC(=O)c1ccc(NCc2nccn2CC)cc1. The summed E-state index contributed by atoms with van der Waals surface area (Å²) in [4.78, 5) is 15.9. The molecule has 0 atom stereocenters. The third kappa shape index (κ3) is 3.38. The van der Waals surface area contributed by atoms with E-state index in [4.69, 9.17) is 0 Å². The summed E-state index contributed by atoms with van der Waals surface area (Å²) in [5, 5.41) is 6.08. The van der Waals surface area contributed by atoms with Gasteiger partial charge in [-0.05, 0) is 38.1 Å². The maximum absolute atomic E-state index is 11.6. The molecule has 0 aliphatic rings. The normalized spacial score (nSPS) is 10.3. The Hall–Kier alpha value is -2.30. The Morgan fingerprint density at radius 2 is 2.00 bits per heavy atom. The predicted molar refractivity (Wildman–Crippen MR) is 79.7 cm³/mol. The highest BCUT2D eigenvalue weighted by Crippen LogP contribution is 2.11. The van der Waals surface area contributed by atoms with Crippen molar-refractivity contribution in [3.8, 4) is 0 Å². The molecule has 1 aromatic heterocycles. The van der Waals surface area contributed by atoms with E-state index >= 15 is 0 Å². The number of imidazole rings is 1. The van der Waals surface area contributed by atoms with Crippen LogP contribution in [-0.4, -0.2) is 22.0 Å². The van der Waals surface area contributed by atoms with E-state index in [1.165, 1.54) is 0 Å². The second-order valence-electron chi connectivity index (χ2n) is 4.42. The second kappa shape index (κ2) is 6.75. The lowest BCUT2D eigenvalue weighted by atomic mass is 10.2. The molecule has 5 heteroatoms. The lowest BCUT2D eigenvalue weighted by molar-refractivity contribution is 0.0956. The Balaban J connectivity index is 1.95. The summed E-state index contributed by atoms with van der Waals surface area (Å²) < 4.78 is 2.09. The van der Waals surface area contributed by atoms with Gasteiger partial charge in [0.15, 0.2) is 0 Å². The molecule has 0 aliphatic carbocycles. The lowest BCUT2D eigenvalue weighted by Crippen LogP contribution is -2.22. The number of nitrogens with one attached hydrogen (secondary N) is 2. The molecule has 106 valence electrons. The van der Waals surface area contributed by atoms with Crippen LogP contribution in [0.3, 0.4) is 0 Å². The number of carbonyl (C=O) groups excluding carboxylic acids is 1. The molecule has 0 saturated carbocycles. The smallest absolute Gasteiger partial charge is 0.251 e. The van der Waals surface area contributed by atoms with E-state index in [9.17, 15) is 4.79 Å². The predicted octanol–water partition coefficient (Wildman–Crippen LogP) is 2.26. The van der Waals surface area contributed by atoms with E-state index in [2.05, 4.69) is 27.1 Å². The van der Waals surface area contributed by atoms with Crippen molar-refractivity contribution in [2.45, 2.75) is 26.9 Å². The molecular formula is C15H20N4O. The minimum Gasteiger partial charge on any atom is -0.378 e. The van der Waals surface area contributed by atoms with Gasteiger partial charge < -0.3 is 15.2 Å². The van der Waals surface area contributed by atoms with Crippen molar-refractivity contribution in [2.75, 3.05) is 11.9 Å². The molecule has 0 fully saturated rings. The fraction of sp³-hybridized carbons (Fsp3) is 0.333. The minimum atomic E-state index is -0.0411. The van der Waals surface area contributed by atoms with Gasteiger partial charge in [0, 0.05) is 36.7 Å². The van der Waals surface area contributed by atoms with Gasteiger partial charge in [-0.15, -0.1) is 0 Å². The number of hydrogen-bond donors (Lipinski definition) is 2. The molecule has 1 aromatic carbocycles. The summed E-state index contributed by atoms with van der Waals surface area (Å²) >= 11 is 0. The maximum Gasteiger partial charge on any atom is 0.251 e. The topological polar surface area (TPSA) is 59.0 Å². The first kappa shape index (κ1) is 14.1. The van der Waals surface area contributed by atoms with Crippen LogP contribution in [0, 0.1) is 0 Å². The zero-order valence-electron chi connectivity index (χ0n) is 11.9.